The van der Waals surface area contributed by atoms with Crippen LogP contribution in [-0.4, -0.2) is 30.7 Å². The molecular weight excluding hydrogens is 141 g/mol. The molecule has 66 valence electrons. The Morgan fingerprint density at radius 2 is 2.27 bits per heavy atom. The maximum absolute atomic E-state index is 12.8. The number of rotatable bonds is 2. The lowest BCUT2D eigenvalue weighted by Gasteiger charge is -2.29. The van der Waals surface area contributed by atoms with Crippen LogP contribution >= 0.6 is 0 Å². The molecule has 1 fully saturated rings. The van der Waals surface area contributed by atoms with Gasteiger partial charge < -0.3 is 4.90 Å². The second kappa shape index (κ2) is 4.05. The Balaban J connectivity index is 2.23. The van der Waals surface area contributed by atoms with Gasteiger partial charge in [0.2, 0.25) is 0 Å². The van der Waals surface area contributed by atoms with E-state index in [1.807, 2.05) is 0 Å². The third-order valence-corrected chi connectivity index (χ3v) is 2.07. The Morgan fingerprint density at radius 3 is 2.82 bits per heavy atom. The number of alkyl halides is 1. The zero-order chi connectivity index (χ0) is 8.27. The lowest BCUT2D eigenvalue weighted by atomic mass is 10.1. The number of hydrogen-bond acceptors (Lipinski definition) is 1. The summed E-state index contributed by atoms with van der Waals surface area (Å²) >= 11 is 0. The van der Waals surface area contributed by atoms with E-state index >= 15 is 0 Å². The maximum Gasteiger partial charge on any atom is 0.113 e. The molecule has 2 heteroatoms. The predicted octanol–water partition coefficient (Wildman–Crippen LogP) is 2.08. The first-order chi connectivity index (χ1) is 5.18. The molecule has 1 aliphatic rings. The quantitative estimate of drug-likeness (QED) is 0.596. The number of piperidine rings is 1. The molecule has 0 N–H and O–H groups in total. The summed E-state index contributed by atoms with van der Waals surface area (Å²) in [7, 11) is 0. The second-order valence-corrected chi connectivity index (χ2v) is 3.89. The molecule has 0 bridgehead atoms. The van der Waals surface area contributed by atoms with E-state index in [0.29, 0.717) is 12.5 Å². The highest BCUT2D eigenvalue weighted by atomic mass is 19.1. The van der Waals surface area contributed by atoms with Crippen molar-refractivity contribution in [3.8, 4) is 0 Å². The highest BCUT2D eigenvalue weighted by Gasteiger charge is 2.18. The van der Waals surface area contributed by atoms with Gasteiger partial charge in [-0.3, -0.25) is 0 Å². The highest BCUT2D eigenvalue weighted by Crippen LogP contribution is 2.13. The molecule has 0 aliphatic carbocycles. The molecule has 1 aliphatic heterocycles. The van der Waals surface area contributed by atoms with Crippen LogP contribution in [0.4, 0.5) is 4.39 Å². The summed E-state index contributed by atoms with van der Waals surface area (Å²) in [4.78, 5) is 2.23. The number of halogens is 1. The molecule has 1 rings (SSSR count). The van der Waals surface area contributed by atoms with Crippen LogP contribution in [0.2, 0.25) is 0 Å². The normalized spacial score (nSPS) is 27.8. The molecule has 1 nitrogen and oxygen atoms in total. The van der Waals surface area contributed by atoms with Gasteiger partial charge in [-0.25, -0.2) is 4.39 Å². The molecule has 0 spiro atoms. The molecule has 0 aromatic heterocycles. The van der Waals surface area contributed by atoms with Crippen molar-refractivity contribution in [1.82, 2.24) is 4.90 Å². The van der Waals surface area contributed by atoms with Gasteiger partial charge >= 0.3 is 0 Å². The third kappa shape index (κ3) is 3.19. The van der Waals surface area contributed by atoms with Crippen molar-refractivity contribution >= 4 is 0 Å². The predicted molar refractivity (Wildman–Crippen MR) is 45.4 cm³/mol. The third-order valence-electron chi connectivity index (χ3n) is 2.07. The van der Waals surface area contributed by atoms with Crippen molar-refractivity contribution in [3.05, 3.63) is 0 Å². The van der Waals surface area contributed by atoms with Gasteiger partial charge in [0.05, 0.1) is 0 Å². The van der Waals surface area contributed by atoms with E-state index in [4.69, 9.17) is 0 Å². The Morgan fingerprint density at radius 1 is 1.55 bits per heavy atom. The summed E-state index contributed by atoms with van der Waals surface area (Å²) in [6.45, 7) is 7.18. The average Bonchev–Trinajstić information content (AvgIpc) is 1.85. The number of hydrogen-bond donors (Lipinski definition) is 0. The maximum atomic E-state index is 12.8. The van der Waals surface area contributed by atoms with Crippen LogP contribution in [0.25, 0.3) is 0 Å². The summed E-state index contributed by atoms with van der Waals surface area (Å²) in [5.41, 5.74) is 0. The molecule has 0 amide bonds. The second-order valence-electron chi connectivity index (χ2n) is 3.89. The molecule has 0 saturated carbocycles. The minimum absolute atomic E-state index is 0.567. The number of nitrogens with zero attached hydrogens (tertiary/aromatic N) is 1. The van der Waals surface area contributed by atoms with E-state index in [9.17, 15) is 4.39 Å². The van der Waals surface area contributed by atoms with Crippen LogP contribution in [0.5, 0.6) is 0 Å². The summed E-state index contributed by atoms with van der Waals surface area (Å²) in [5.74, 6) is 0.667. The van der Waals surface area contributed by atoms with Gasteiger partial charge in [0.1, 0.15) is 6.17 Å². The summed E-state index contributed by atoms with van der Waals surface area (Å²) in [6.07, 6.45) is 1.24. The van der Waals surface area contributed by atoms with Gasteiger partial charge in [-0.2, -0.15) is 0 Å². The van der Waals surface area contributed by atoms with E-state index < -0.39 is 6.17 Å². The van der Waals surface area contributed by atoms with Gasteiger partial charge in [0.15, 0.2) is 0 Å². The lowest BCUT2D eigenvalue weighted by molar-refractivity contribution is 0.127. The zero-order valence-electron chi connectivity index (χ0n) is 7.52. The molecule has 0 aromatic carbocycles. The van der Waals surface area contributed by atoms with E-state index in [2.05, 4.69) is 18.7 Å². The Kier molecular flexibility index (Phi) is 3.31. The van der Waals surface area contributed by atoms with Crippen molar-refractivity contribution in [2.24, 2.45) is 5.92 Å². The molecular formula is C9H18FN. The van der Waals surface area contributed by atoms with Crippen LogP contribution in [-0.2, 0) is 0 Å². The SMILES string of the molecule is CC(C)CN1CCC[C@@H](F)C1. The van der Waals surface area contributed by atoms with Crippen molar-refractivity contribution < 1.29 is 4.39 Å². The molecule has 1 saturated heterocycles. The van der Waals surface area contributed by atoms with E-state index in [1.165, 1.54) is 0 Å². The highest BCUT2D eigenvalue weighted by molar-refractivity contribution is 4.72. The minimum atomic E-state index is -0.567. The Bertz CT molecular complexity index is 112. The molecule has 0 radical (unpaired) electrons. The van der Waals surface area contributed by atoms with Crippen LogP contribution in [0.15, 0.2) is 0 Å². The first-order valence-electron chi connectivity index (χ1n) is 4.55. The Hall–Kier alpha value is -0.110. The largest absolute Gasteiger partial charge is 0.300 e. The Labute approximate surface area is 68.6 Å². The number of likely N-dealkylation sites (tertiary alicyclic amines) is 1. The fraction of sp³-hybridized carbons (Fsp3) is 1.00. The smallest absolute Gasteiger partial charge is 0.113 e. The van der Waals surface area contributed by atoms with Gasteiger partial charge in [0, 0.05) is 13.1 Å². The first kappa shape index (κ1) is 8.98. The first-order valence-corrected chi connectivity index (χ1v) is 4.55. The minimum Gasteiger partial charge on any atom is -0.300 e. The van der Waals surface area contributed by atoms with E-state index in [1.54, 1.807) is 0 Å². The molecule has 0 unspecified atom stereocenters. The molecule has 1 heterocycles. The van der Waals surface area contributed by atoms with Crippen LogP contribution in [0, 0.1) is 5.92 Å². The monoisotopic (exact) mass is 159 g/mol. The van der Waals surface area contributed by atoms with Gasteiger partial charge in [-0.15, -0.1) is 0 Å². The summed E-state index contributed by atoms with van der Waals surface area (Å²) in [6, 6.07) is 0. The molecule has 11 heavy (non-hydrogen) atoms. The fourth-order valence-corrected chi connectivity index (χ4v) is 1.68. The van der Waals surface area contributed by atoms with E-state index in [0.717, 1.165) is 25.9 Å². The summed E-state index contributed by atoms with van der Waals surface area (Å²) in [5, 5.41) is 0. The topological polar surface area (TPSA) is 3.24 Å². The standard InChI is InChI=1S/C9H18FN/c1-8(2)6-11-5-3-4-9(10)7-11/h8-9H,3-7H2,1-2H3/t9-/m1/s1. The van der Waals surface area contributed by atoms with Gasteiger partial charge in [-0.1, -0.05) is 13.8 Å². The summed E-state index contributed by atoms with van der Waals surface area (Å²) < 4.78 is 12.8. The van der Waals surface area contributed by atoms with Crippen molar-refractivity contribution in [1.29, 1.82) is 0 Å². The zero-order valence-corrected chi connectivity index (χ0v) is 7.52. The molecule has 0 aromatic rings. The van der Waals surface area contributed by atoms with Crippen molar-refractivity contribution in [2.75, 3.05) is 19.6 Å². The molecule has 1 atom stereocenters. The average molecular weight is 159 g/mol. The van der Waals surface area contributed by atoms with Gasteiger partial charge in [-0.05, 0) is 25.3 Å². The van der Waals surface area contributed by atoms with Gasteiger partial charge in [0.25, 0.3) is 0 Å². The van der Waals surface area contributed by atoms with Crippen LogP contribution < -0.4 is 0 Å². The fourth-order valence-electron chi connectivity index (χ4n) is 1.68. The van der Waals surface area contributed by atoms with Crippen LogP contribution in [0.1, 0.15) is 26.7 Å². The van der Waals surface area contributed by atoms with Crippen LogP contribution in [0.3, 0.4) is 0 Å². The van der Waals surface area contributed by atoms with E-state index in [-0.39, 0.29) is 0 Å². The lowest BCUT2D eigenvalue weighted by Crippen LogP contribution is -2.38. The van der Waals surface area contributed by atoms with Crippen molar-refractivity contribution in [2.45, 2.75) is 32.9 Å². The van der Waals surface area contributed by atoms with Crippen molar-refractivity contribution in [3.63, 3.8) is 0 Å².